The number of phenols is 1. The molecule has 156 valence electrons. The van der Waals surface area contributed by atoms with Crippen molar-refractivity contribution < 1.29 is 9.84 Å². The summed E-state index contributed by atoms with van der Waals surface area (Å²) < 4.78 is 5.54. The Hall–Kier alpha value is -2.56. The van der Waals surface area contributed by atoms with Gasteiger partial charge in [-0.3, -0.25) is 0 Å². The number of hydrogen-bond donors (Lipinski definition) is 1. The van der Waals surface area contributed by atoms with Crippen LogP contribution in [0.5, 0.6) is 11.5 Å². The molecule has 0 amide bonds. The Labute approximate surface area is 173 Å². The first-order valence-electron chi connectivity index (χ1n) is 11.0. The minimum Gasteiger partial charge on any atom is -0.506 e. The first kappa shape index (κ1) is 21.2. The highest BCUT2D eigenvalue weighted by Gasteiger charge is 2.11. The Morgan fingerprint density at radius 2 is 1.55 bits per heavy atom. The standard InChI is InChI=1S/C24H33N3O2/c1-3-5-6-7-8-9-10-11-12-19-13-16-24(28)23(17-19)27-25-21-15-14-20(29-4-2)18-22(21)26-27/h13-18,28H,3-12H2,1-2H3. The van der Waals surface area contributed by atoms with E-state index < -0.39 is 0 Å². The van der Waals surface area contributed by atoms with Crippen LogP contribution in [0.3, 0.4) is 0 Å². The summed E-state index contributed by atoms with van der Waals surface area (Å²) in [4.78, 5) is 1.52. The predicted octanol–water partition coefficient (Wildman–Crippen LogP) is 6.21. The maximum Gasteiger partial charge on any atom is 0.143 e. The monoisotopic (exact) mass is 395 g/mol. The van der Waals surface area contributed by atoms with Crippen LogP contribution in [0.4, 0.5) is 0 Å². The number of aryl methyl sites for hydroxylation is 1. The minimum atomic E-state index is 0.190. The Kier molecular flexibility index (Phi) is 7.91. The molecule has 0 aliphatic rings. The Morgan fingerprint density at radius 3 is 2.31 bits per heavy atom. The van der Waals surface area contributed by atoms with Gasteiger partial charge < -0.3 is 9.84 Å². The van der Waals surface area contributed by atoms with Crippen molar-refractivity contribution >= 4 is 11.0 Å². The van der Waals surface area contributed by atoms with Gasteiger partial charge in [0.05, 0.1) is 6.61 Å². The number of aromatic nitrogens is 3. The van der Waals surface area contributed by atoms with Crippen molar-refractivity contribution in [3.05, 3.63) is 42.0 Å². The highest BCUT2D eigenvalue weighted by Crippen LogP contribution is 2.25. The van der Waals surface area contributed by atoms with Crippen molar-refractivity contribution in [3.63, 3.8) is 0 Å². The molecule has 1 heterocycles. The van der Waals surface area contributed by atoms with E-state index in [1.165, 1.54) is 61.7 Å². The molecule has 0 unspecified atom stereocenters. The quantitative estimate of drug-likeness (QED) is 0.370. The van der Waals surface area contributed by atoms with Crippen molar-refractivity contribution in [2.24, 2.45) is 0 Å². The molecule has 0 saturated heterocycles. The molecule has 0 aliphatic carbocycles. The van der Waals surface area contributed by atoms with E-state index in [0.29, 0.717) is 12.3 Å². The molecule has 3 rings (SSSR count). The molecule has 0 saturated carbocycles. The van der Waals surface area contributed by atoms with Gasteiger partial charge in [-0.2, -0.15) is 0 Å². The third-order valence-corrected chi connectivity index (χ3v) is 5.24. The van der Waals surface area contributed by atoms with Gasteiger partial charge in [0.25, 0.3) is 0 Å². The van der Waals surface area contributed by atoms with E-state index in [-0.39, 0.29) is 5.75 Å². The minimum absolute atomic E-state index is 0.190. The number of fused-ring (bicyclic) bond motifs is 1. The summed E-state index contributed by atoms with van der Waals surface area (Å²) in [6.45, 7) is 4.82. The van der Waals surface area contributed by atoms with E-state index in [9.17, 15) is 5.11 Å². The highest BCUT2D eigenvalue weighted by molar-refractivity contribution is 5.75. The highest BCUT2D eigenvalue weighted by atomic mass is 16.5. The summed E-state index contributed by atoms with van der Waals surface area (Å²) in [7, 11) is 0. The van der Waals surface area contributed by atoms with Crippen LogP contribution in [-0.2, 0) is 6.42 Å². The van der Waals surface area contributed by atoms with Crippen LogP contribution in [0.2, 0.25) is 0 Å². The molecule has 1 N–H and O–H groups in total. The number of ether oxygens (including phenoxy) is 1. The maximum absolute atomic E-state index is 10.3. The molecule has 5 nitrogen and oxygen atoms in total. The van der Waals surface area contributed by atoms with E-state index >= 15 is 0 Å². The van der Waals surface area contributed by atoms with Gasteiger partial charge in [-0.15, -0.1) is 15.0 Å². The van der Waals surface area contributed by atoms with Crippen LogP contribution < -0.4 is 4.74 Å². The molecule has 0 spiro atoms. The Balaban J connectivity index is 1.61. The van der Waals surface area contributed by atoms with Gasteiger partial charge in [0.1, 0.15) is 28.2 Å². The third kappa shape index (κ3) is 5.96. The maximum atomic E-state index is 10.3. The largest absolute Gasteiger partial charge is 0.506 e. The molecule has 2 aromatic carbocycles. The molecular formula is C24H33N3O2. The number of nitrogens with zero attached hydrogens (tertiary/aromatic N) is 3. The molecule has 0 bridgehead atoms. The van der Waals surface area contributed by atoms with Gasteiger partial charge in [-0.1, -0.05) is 57.9 Å². The summed E-state index contributed by atoms with van der Waals surface area (Å²) in [5, 5.41) is 19.4. The number of aromatic hydroxyl groups is 1. The molecule has 0 aliphatic heterocycles. The van der Waals surface area contributed by atoms with Gasteiger partial charge >= 0.3 is 0 Å². The van der Waals surface area contributed by atoms with Gasteiger partial charge in [0, 0.05) is 6.07 Å². The smallest absolute Gasteiger partial charge is 0.143 e. The van der Waals surface area contributed by atoms with Crippen LogP contribution >= 0.6 is 0 Å². The summed E-state index contributed by atoms with van der Waals surface area (Å²) in [6.07, 6.45) is 11.5. The number of phenolic OH excluding ortho intramolecular Hbond substituents is 1. The fourth-order valence-corrected chi connectivity index (χ4v) is 3.61. The summed E-state index contributed by atoms with van der Waals surface area (Å²) in [5.41, 5.74) is 3.36. The first-order valence-corrected chi connectivity index (χ1v) is 11.0. The van der Waals surface area contributed by atoms with Crippen LogP contribution in [0.15, 0.2) is 36.4 Å². The molecule has 0 fully saturated rings. The number of rotatable bonds is 12. The molecule has 0 radical (unpaired) electrons. The SMILES string of the molecule is CCCCCCCCCCc1ccc(O)c(-n2nc3ccc(OCC)cc3n2)c1. The van der Waals surface area contributed by atoms with E-state index in [2.05, 4.69) is 17.1 Å². The lowest BCUT2D eigenvalue weighted by Gasteiger charge is -2.07. The lowest BCUT2D eigenvalue weighted by molar-refractivity contribution is 0.340. The fourth-order valence-electron chi connectivity index (χ4n) is 3.61. The van der Waals surface area contributed by atoms with Crippen LogP contribution in [0, 0.1) is 0 Å². The van der Waals surface area contributed by atoms with Crippen LogP contribution in [0.1, 0.15) is 70.8 Å². The zero-order valence-corrected chi connectivity index (χ0v) is 17.7. The Bertz CT molecular complexity index is 904. The van der Waals surface area contributed by atoms with Gasteiger partial charge in [-0.05, 0) is 49.6 Å². The number of unbranched alkanes of at least 4 members (excludes halogenated alkanes) is 7. The zero-order chi connectivity index (χ0) is 20.5. The summed E-state index contributed by atoms with van der Waals surface area (Å²) in [6, 6.07) is 11.4. The van der Waals surface area contributed by atoms with Gasteiger partial charge in [0.2, 0.25) is 0 Å². The van der Waals surface area contributed by atoms with E-state index in [1.807, 2.05) is 37.3 Å². The first-order chi connectivity index (χ1) is 14.2. The lowest BCUT2D eigenvalue weighted by Crippen LogP contribution is -2.00. The normalized spacial score (nSPS) is 11.2. The second-order valence-corrected chi connectivity index (χ2v) is 7.62. The van der Waals surface area contributed by atoms with E-state index in [0.717, 1.165) is 23.2 Å². The lowest BCUT2D eigenvalue weighted by atomic mass is 10.0. The van der Waals surface area contributed by atoms with Crippen LogP contribution in [-0.4, -0.2) is 26.7 Å². The van der Waals surface area contributed by atoms with Crippen molar-refractivity contribution in [1.29, 1.82) is 0 Å². The second kappa shape index (κ2) is 10.8. The zero-order valence-electron chi connectivity index (χ0n) is 17.7. The number of benzene rings is 2. The molecule has 3 aromatic rings. The van der Waals surface area contributed by atoms with E-state index in [4.69, 9.17) is 4.74 Å². The van der Waals surface area contributed by atoms with Crippen molar-refractivity contribution in [3.8, 4) is 17.2 Å². The van der Waals surface area contributed by atoms with Crippen molar-refractivity contribution in [2.45, 2.75) is 71.6 Å². The van der Waals surface area contributed by atoms with Gasteiger partial charge in [0.15, 0.2) is 0 Å². The third-order valence-electron chi connectivity index (χ3n) is 5.24. The van der Waals surface area contributed by atoms with Crippen molar-refractivity contribution in [1.82, 2.24) is 15.0 Å². The van der Waals surface area contributed by atoms with Crippen LogP contribution in [0.25, 0.3) is 16.7 Å². The Morgan fingerprint density at radius 1 is 0.828 bits per heavy atom. The average Bonchev–Trinajstić information content (AvgIpc) is 3.14. The van der Waals surface area contributed by atoms with Crippen molar-refractivity contribution in [2.75, 3.05) is 6.61 Å². The molecule has 5 heteroatoms. The molecule has 1 aromatic heterocycles. The summed E-state index contributed by atoms with van der Waals surface area (Å²) in [5.74, 6) is 0.967. The molecule has 0 atom stereocenters. The number of hydrogen-bond acceptors (Lipinski definition) is 4. The average molecular weight is 396 g/mol. The predicted molar refractivity (Wildman–Crippen MR) is 118 cm³/mol. The summed E-state index contributed by atoms with van der Waals surface area (Å²) >= 11 is 0. The topological polar surface area (TPSA) is 60.2 Å². The fraction of sp³-hybridized carbons (Fsp3) is 0.500. The van der Waals surface area contributed by atoms with E-state index in [1.54, 1.807) is 6.07 Å². The second-order valence-electron chi connectivity index (χ2n) is 7.62. The molecular weight excluding hydrogens is 362 g/mol. The molecule has 29 heavy (non-hydrogen) atoms. The van der Waals surface area contributed by atoms with Gasteiger partial charge in [-0.25, -0.2) is 0 Å².